The van der Waals surface area contributed by atoms with Crippen LogP contribution >= 0.6 is 0 Å². The van der Waals surface area contributed by atoms with Crippen molar-refractivity contribution in [3.63, 3.8) is 0 Å². The molecule has 0 fully saturated rings. The molecule has 0 bridgehead atoms. The molecule has 0 unspecified atom stereocenters. The first-order valence-corrected chi connectivity index (χ1v) is 9.27. The number of rotatable bonds is 5. The Hall–Kier alpha value is -3.74. The fourth-order valence-electron chi connectivity index (χ4n) is 2.84. The minimum Gasteiger partial charge on any atom is -0.439 e. The molecule has 0 atom stereocenters. The molecule has 4 rings (SSSR count). The van der Waals surface area contributed by atoms with Gasteiger partial charge in [0.05, 0.1) is 16.6 Å². The van der Waals surface area contributed by atoms with Gasteiger partial charge >= 0.3 is 0 Å². The number of hydrogen-bond acceptors (Lipinski definition) is 6. The van der Waals surface area contributed by atoms with E-state index in [1.165, 1.54) is 6.20 Å². The van der Waals surface area contributed by atoms with E-state index >= 15 is 0 Å². The van der Waals surface area contributed by atoms with E-state index in [1.54, 1.807) is 36.5 Å². The van der Waals surface area contributed by atoms with Gasteiger partial charge in [0, 0.05) is 24.1 Å². The molecule has 0 aliphatic rings. The van der Waals surface area contributed by atoms with E-state index < -0.39 is 0 Å². The van der Waals surface area contributed by atoms with E-state index in [4.69, 9.17) is 9.26 Å². The van der Waals surface area contributed by atoms with E-state index in [-0.39, 0.29) is 11.8 Å². The third kappa shape index (κ3) is 4.08. The number of nitrogens with one attached hydrogen (secondary N) is 1. The van der Waals surface area contributed by atoms with Crippen LogP contribution in [0.15, 0.2) is 59.4 Å². The maximum Gasteiger partial charge on any atom is 0.257 e. The molecule has 29 heavy (non-hydrogen) atoms. The van der Waals surface area contributed by atoms with Crippen molar-refractivity contribution < 1.29 is 14.1 Å². The lowest BCUT2D eigenvalue weighted by atomic mass is 10.1. The van der Waals surface area contributed by atoms with Gasteiger partial charge in [-0.25, -0.2) is 9.97 Å². The summed E-state index contributed by atoms with van der Waals surface area (Å²) in [5.41, 5.74) is 3.36. The average Bonchev–Trinajstić information content (AvgIpc) is 3.14. The summed E-state index contributed by atoms with van der Waals surface area (Å²) < 4.78 is 10.9. The minimum atomic E-state index is -0.260. The third-order valence-corrected chi connectivity index (χ3v) is 4.39. The summed E-state index contributed by atoms with van der Waals surface area (Å²) in [5, 5.41) is 7.65. The van der Waals surface area contributed by atoms with E-state index in [0.717, 1.165) is 16.6 Å². The second-order valence-electron chi connectivity index (χ2n) is 7.05. The van der Waals surface area contributed by atoms with Crippen LogP contribution in [0.25, 0.3) is 11.1 Å². The Kier molecular flexibility index (Phi) is 4.95. The summed E-state index contributed by atoms with van der Waals surface area (Å²) in [4.78, 5) is 21.0. The molecule has 3 aromatic heterocycles. The quantitative estimate of drug-likeness (QED) is 0.512. The number of nitrogens with zero attached hydrogens (tertiary/aromatic N) is 3. The standard InChI is InChI=1S/C22H20N4O3/c1-13(2)20-18-10-15(12-24-22(18)29-26-20)21(27)25-16-5-7-17(8-6-16)28-19-9-4-14(3)11-23-19/h4-13H,1-3H3,(H,25,27). The Morgan fingerprint density at radius 1 is 1.07 bits per heavy atom. The summed E-state index contributed by atoms with van der Waals surface area (Å²) in [7, 11) is 0. The maximum atomic E-state index is 12.6. The van der Waals surface area contributed by atoms with Crippen LogP contribution in [0.2, 0.25) is 0 Å². The molecule has 1 amide bonds. The van der Waals surface area contributed by atoms with Crippen molar-refractivity contribution in [2.45, 2.75) is 26.7 Å². The SMILES string of the molecule is Cc1ccc(Oc2ccc(NC(=O)c3cnc4onc(C(C)C)c4c3)cc2)nc1. The molecule has 0 saturated carbocycles. The van der Waals surface area contributed by atoms with Crippen molar-refractivity contribution >= 4 is 22.7 Å². The summed E-state index contributed by atoms with van der Waals surface area (Å²) in [6, 6.07) is 12.6. The Balaban J connectivity index is 1.47. The van der Waals surface area contributed by atoms with Crippen molar-refractivity contribution in [3.05, 3.63) is 71.7 Å². The molecule has 0 aliphatic carbocycles. The molecule has 7 nitrogen and oxygen atoms in total. The van der Waals surface area contributed by atoms with Gasteiger partial charge in [0.1, 0.15) is 5.75 Å². The van der Waals surface area contributed by atoms with Crippen LogP contribution in [0, 0.1) is 6.92 Å². The van der Waals surface area contributed by atoms with Gasteiger partial charge in [-0.05, 0) is 48.7 Å². The van der Waals surface area contributed by atoms with E-state index in [1.807, 2.05) is 32.9 Å². The van der Waals surface area contributed by atoms with Crippen molar-refractivity contribution in [3.8, 4) is 11.6 Å². The van der Waals surface area contributed by atoms with Gasteiger partial charge in [0.2, 0.25) is 5.88 Å². The molecule has 3 heterocycles. The second-order valence-corrected chi connectivity index (χ2v) is 7.05. The van der Waals surface area contributed by atoms with Crippen LogP contribution in [-0.2, 0) is 0 Å². The lowest BCUT2D eigenvalue weighted by molar-refractivity contribution is 0.102. The van der Waals surface area contributed by atoms with Crippen LogP contribution < -0.4 is 10.1 Å². The molecule has 7 heteroatoms. The van der Waals surface area contributed by atoms with Crippen molar-refractivity contribution in [1.82, 2.24) is 15.1 Å². The zero-order chi connectivity index (χ0) is 20.4. The summed E-state index contributed by atoms with van der Waals surface area (Å²) in [6.45, 7) is 5.99. The second kappa shape index (κ2) is 7.71. The van der Waals surface area contributed by atoms with Crippen LogP contribution in [0.5, 0.6) is 11.6 Å². The molecule has 0 saturated heterocycles. The highest BCUT2D eigenvalue weighted by Crippen LogP contribution is 2.25. The predicted molar refractivity (Wildman–Crippen MR) is 109 cm³/mol. The first-order chi connectivity index (χ1) is 14.0. The van der Waals surface area contributed by atoms with Gasteiger partial charge in [0.25, 0.3) is 11.6 Å². The number of aromatic nitrogens is 3. The van der Waals surface area contributed by atoms with Crippen molar-refractivity contribution in [2.24, 2.45) is 0 Å². The average molecular weight is 388 g/mol. The summed E-state index contributed by atoms with van der Waals surface area (Å²) >= 11 is 0. The lowest BCUT2D eigenvalue weighted by Crippen LogP contribution is -2.12. The number of anilines is 1. The zero-order valence-corrected chi connectivity index (χ0v) is 16.3. The number of pyridine rings is 2. The molecular formula is C22H20N4O3. The van der Waals surface area contributed by atoms with Crippen LogP contribution in [-0.4, -0.2) is 21.0 Å². The maximum absolute atomic E-state index is 12.6. The number of amides is 1. The first kappa shape index (κ1) is 18.6. The number of fused-ring (bicyclic) bond motifs is 1. The fourth-order valence-corrected chi connectivity index (χ4v) is 2.84. The van der Waals surface area contributed by atoms with Gasteiger partial charge < -0.3 is 14.6 Å². The smallest absolute Gasteiger partial charge is 0.257 e. The Labute approximate surface area is 167 Å². The highest BCUT2D eigenvalue weighted by molar-refractivity contribution is 6.05. The molecule has 0 spiro atoms. The largest absolute Gasteiger partial charge is 0.439 e. The zero-order valence-electron chi connectivity index (χ0n) is 16.3. The van der Waals surface area contributed by atoms with Gasteiger partial charge in [-0.3, -0.25) is 4.79 Å². The van der Waals surface area contributed by atoms with Gasteiger partial charge in [-0.1, -0.05) is 25.1 Å². The minimum absolute atomic E-state index is 0.173. The number of aryl methyl sites for hydroxylation is 1. The molecular weight excluding hydrogens is 368 g/mol. The Morgan fingerprint density at radius 2 is 1.86 bits per heavy atom. The van der Waals surface area contributed by atoms with Gasteiger partial charge in [0.15, 0.2) is 0 Å². The molecule has 1 N–H and O–H groups in total. The van der Waals surface area contributed by atoms with E-state index in [9.17, 15) is 4.79 Å². The molecule has 1 aromatic carbocycles. The molecule has 0 radical (unpaired) electrons. The van der Waals surface area contributed by atoms with Gasteiger partial charge in [-0.2, -0.15) is 0 Å². The summed E-state index contributed by atoms with van der Waals surface area (Å²) in [5.74, 6) is 1.06. The van der Waals surface area contributed by atoms with Gasteiger partial charge in [-0.15, -0.1) is 0 Å². The first-order valence-electron chi connectivity index (χ1n) is 9.27. The fraction of sp³-hybridized carbons (Fsp3) is 0.182. The van der Waals surface area contributed by atoms with Crippen LogP contribution in [0.3, 0.4) is 0 Å². The van der Waals surface area contributed by atoms with Crippen molar-refractivity contribution in [1.29, 1.82) is 0 Å². The number of carbonyl (C=O) groups excluding carboxylic acids is 1. The van der Waals surface area contributed by atoms with Crippen LogP contribution in [0.4, 0.5) is 5.69 Å². The Bertz CT molecular complexity index is 1150. The molecule has 146 valence electrons. The number of benzene rings is 1. The highest BCUT2D eigenvalue weighted by Gasteiger charge is 2.16. The predicted octanol–water partition coefficient (Wildman–Crippen LogP) is 5.09. The molecule has 4 aromatic rings. The normalized spacial score (nSPS) is 11.0. The number of hydrogen-bond donors (Lipinski definition) is 1. The topological polar surface area (TPSA) is 90.1 Å². The third-order valence-electron chi connectivity index (χ3n) is 4.39. The van der Waals surface area contributed by atoms with Crippen LogP contribution in [0.1, 0.15) is 41.4 Å². The van der Waals surface area contributed by atoms with E-state index in [2.05, 4.69) is 20.4 Å². The Morgan fingerprint density at radius 3 is 2.55 bits per heavy atom. The monoisotopic (exact) mass is 388 g/mol. The summed E-state index contributed by atoms with van der Waals surface area (Å²) in [6.07, 6.45) is 3.22. The highest BCUT2D eigenvalue weighted by atomic mass is 16.5. The van der Waals surface area contributed by atoms with E-state index in [0.29, 0.717) is 28.6 Å². The number of ether oxygens (including phenoxy) is 1. The van der Waals surface area contributed by atoms with Crippen molar-refractivity contribution in [2.75, 3.05) is 5.32 Å². The lowest BCUT2D eigenvalue weighted by Gasteiger charge is -2.08. The molecule has 0 aliphatic heterocycles. The number of carbonyl (C=O) groups is 1.